The molecule has 0 saturated heterocycles. The van der Waals surface area contributed by atoms with Crippen molar-refractivity contribution in [2.45, 2.75) is 149 Å². The average molecular weight is 751 g/mol. The normalized spacial score (nSPS) is 16.1. The van der Waals surface area contributed by atoms with Gasteiger partial charge in [0.15, 0.2) is 0 Å². The van der Waals surface area contributed by atoms with Crippen molar-refractivity contribution in [3.8, 4) is 0 Å². The first-order chi connectivity index (χ1) is 25.8. The van der Waals surface area contributed by atoms with E-state index in [4.69, 9.17) is 9.47 Å². The molecule has 0 N–H and O–H groups in total. The molecular weight excluding hydrogens is 681 g/mol. The van der Waals surface area contributed by atoms with Gasteiger partial charge in [0.25, 0.3) is 6.29 Å². The summed E-state index contributed by atoms with van der Waals surface area (Å²) in [5, 5.41) is 0. The smallest absolute Gasteiger partial charge is 0.299 e. The molecule has 7 heteroatoms. The van der Waals surface area contributed by atoms with E-state index in [2.05, 4.69) is 105 Å². The molecule has 1 aliphatic heterocycles. The Morgan fingerprint density at radius 3 is 1.36 bits per heavy atom. The molecule has 0 spiro atoms. The van der Waals surface area contributed by atoms with Crippen molar-refractivity contribution in [1.29, 1.82) is 0 Å². The van der Waals surface area contributed by atoms with Gasteiger partial charge in [0, 0.05) is 19.1 Å². The molecule has 6 nitrogen and oxygen atoms in total. The van der Waals surface area contributed by atoms with Crippen LogP contribution in [0.4, 0.5) is 0 Å². The number of hydrogen-bond donors (Lipinski definition) is 0. The minimum Gasteiger partial charge on any atom is -0.452 e. The van der Waals surface area contributed by atoms with Gasteiger partial charge in [0.2, 0.25) is 5.78 Å². The molecule has 1 rings (SSSR count). The summed E-state index contributed by atoms with van der Waals surface area (Å²) in [7, 11) is -3.47. The largest absolute Gasteiger partial charge is 0.452 e. The fraction of sp³-hybridized carbons (Fsp3) is 0.565. The highest BCUT2D eigenvalue weighted by atomic mass is 32.2. The lowest BCUT2D eigenvalue weighted by atomic mass is 9.99. The first-order valence-electron chi connectivity index (χ1n) is 20.2. The van der Waals surface area contributed by atoms with Crippen molar-refractivity contribution in [2.24, 2.45) is 5.92 Å². The zero-order chi connectivity index (χ0) is 38.7. The standard InChI is InChI=1S/C46H70O6S/c1-4-6-8-10-12-14-16-18-20-22-24-26-28-30-32-34-36-38-43(47)42(41-53(3,49)50)45-40-51-46(52-45)44(48)39-37-35-33-31-29-27-25-23-21-19-17-15-13-11-9-7-5-2/h12-15,18-21,24-27,30-33,40,42,46H,4-11,16-17,22-23,28-29,34-39,41H2,1-3H3/b14-12-,15-13-,20-18-,21-19-,26-24-,27-25-,32-30-,33-31-. The number of hydrogen-bond acceptors (Lipinski definition) is 6. The molecular formula is C46H70O6S. The molecule has 0 radical (unpaired) electrons. The minimum atomic E-state index is -3.47. The Balaban J connectivity index is 2.30. The first kappa shape index (κ1) is 47.6. The van der Waals surface area contributed by atoms with Crippen LogP contribution in [0.15, 0.2) is 109 Å². The van der Waals surface area contributed by atoms with Crippen LogP contribution in [0, 0.1) is 5.92 Å². The average Bonchev–Trinajstić information content (AvgIpc) is 3.63. The van der Waals surface area contributed by atoms with Crippen molar-refractivity contribution >= 4 is 21.4 Å². The number of Topliss-reactive ketones (excluding diaryl/α,β-unsaturated/α-hetero) is 2. The van der Waals surface area contributed by atoms with E-state index in [1.54, 1.807) is 0 Å². The van der Waals surface area contributed by atoms with E-state index < -0.39 is 22.0 Å². The van der Waals surface area contributed by atoms with Gasteiger partial charge in [-0.2, -0.15) is 0 Å². The molecule has 2 atom stereocenters. The summed E-state index contributed by atoms with van der Waals surface area (Å²) in [5.41, 5.74) is 0. The summed E-state index contributed by atoms with van der Waals surface area (Å²) < 4.78 is 35.5. The third kappa shape index (κ3) is 28.7. The SMILES string of the molecule is CCCCC/C=C\C/C=C\C/C=C\C/C=C\CCCC(=O)C1OC=C(C(CS(C)(=O)=O)C(=O)CCC/C=C\C/C=C\C/C=C\C/C=C\CCCCC)O1. The van der Waals surface area contributed by atoms with E-state index in [1.807, 2.05) is 6.08 Å². The van der Waals surface area contributed by atoms with Crippen LogP contribution in [0.25, 0.3) is 0 Å². The number of carbonyl (C=O) groups excluding carboxylic acids is 2. The molecule has 0 aromatic heterocycles. The first-order valence-corrected chi connectivity index (χ1v) is 22.3. The Bertz CT molecular complexity index is 1360. The van der Waals surface area contributed by atoms with Crippen LogP contribution in [0.3, 0.4) is 0 Å². The van der Waals surface area contributed by atoms with Crippen LogP contribution >= 0.6 is 0 Å². The van der Waals surface area contributed by atoms with Gasteiger partial charge in [-0.3, -0.25) is 9.59 Å². The molecule has 1 heterocycles. The number of unbranched alkanes of at least 4 members (excludes halogenated alkanes) is 8. The Kier molecular flexibility index (Phi) is 29.7. The molecule has 0 saturated carbocycles. The van der Waals surface area contributed by atoms with Crippen molar-refractivity contribution in [3.63, 3.8) is 0 Å². The number of carbonyl (C=O) groups is 2. The fourth-order valence-electron chi connectivity index (χ4n) is 5.45. The molecule has 0 aromatic carbocycles. The Hall–Kier alpha value is -3.45. The van der Waals surface area contributed by atoms with Crippen LogP contribution in [-0.2, 0) is 28.9 Å². The molecule has 0 aromatic rings. The second-order valence-corrected chi connectivity index (χ2v) is 15.8. The maximum Gasteiger partial charge on any atom is 0.299 e. The van der Waals surface area contributed by atoms with Gasteiger partial charge >= 0.3 is 0 Å². The molecule has 0 fully saturated rings. The molecule has 296 valence electrons. The van der Waals surface area contributed by atoms with E-state index in [9.17, 15) is 18.0 Å². The lowest BCUT2D eigenvalue weighted by Crippen LogP contribution is -2.28. The maximum absolute atomic E-state index is 13.1. The molecule has 0 aliphatic carbocycles. The molecule has 2 unspecified atom stereocenters. The topological polar surface area (TPSA) is 86.7 Å². The quantitative estimate of drug-likeness (QED) is 0.0490. The predicted octanol–water partition coefficient (Wildman–Crippen LogP) is 12.3. The number of sulfone groups is 1. The summed E-state index contributed by atoms with van der Waals surface area (Å²) >= 11 is 0. The zero-order valence-corrected chi connectivity index (χ0v) is 34.0. The third-order valence-corrected chi connectivity index (χ3v) is 9.46. The van der Waals surface area contributed by atoms with Crippen molar-refractivity contribution in [2.75, 3.05) is 12.0 Å². The molecule has 1 aliphatic rings. The monoisotopic (exact) mass is 750 g/mol. The molecule has 0 amide bonds. The molecule has 53 heavy (non-hydrogen) atoms. The summed E-state index contributed by atoms with van der Waals surface area (Å²) in [5.74, 6) is -1.69. The maximum atomic E-state index is 13.1. The van der Waals surface area contributed by atoms with Gasteiger partial charge in [0.1, 0.15) is 27.6 Å². The highest BCUT2D eigenvalue weighted by Crippen LogP contribution is 2.27. The van der Waals surface area contributed by atoms with E-state index in [0.29, 0.717) is 19.3 Å². The van der Waals surface area contributed by atoms with Crippen molar-refractivity contribution in [3.05, 3.63) is 109 Å². The van der Waals surface area contributed by atoms with E-state index >= 15 is 0 Å². The number of ketones is 2. The predicted molar refractivity (Wildman–Crippen MR) is 224 cm³/mol. The highest BCUT2D eigenvalue weighted by molar-refractivity contribution is 7.90. The van der Waals surface area contributed by atoms with Gasteiger partial charge in [-0.05, 0) is 89.9 Å². The zero-order valence-electron chi connectivity index (χ0n) is 33.2. The number of ether oxygens (including phenoxy) is 2. The highest BCUT2D eigenvalue weighted by Gasteiger charge is 2.35. The minimum absolute atomic E-state index is 0.122. The van der Waals surface area contributed by atoms with Crippen LogP contribution in [-0.4, -0.2) is 38.3 Å². The summed E-state index contributed by atoms with van der Waals surface area (Å²) in [4.78, 5) is 25.8. The second kappa shape index (κ2) is 33.1. The van der Waals surface area contributed by atoms with Gasteiger partial charge in [-0.25, -0.2) is 8.42 Å². The van der Waals surface area contributed by atoms with Gasteiger partial charge < -0.3 is 9.47 Å². The van der Waals surface area contributed by atoms with Crippen LogP contribution in [0.1, 0.15) is 142 Å². The van der Waals surface area contributed by atoms with Crippen LogP contribution in [0.5, 0.6) is 0 Å². The van der Waals surface area contributed by atoms with E-state index in [0.717, 1.165) is 51.2 Å². The van der Waals surface area contributed by atoms with Gasteiger partial charge in [-0.1, -0.05) is 137 Å². The van der Waals surface area contributed by atoms with Gasteiger partial charge in [0.05, 0.1) is 11.7 Å². The van der Waals surface area contributed by atoms with Crippen molar-refractivity contribution in [1.82, 2.24) is 0 Å². The Morgan fingerprint density at radius 2 is 0.962 bits per heavy atom. The lowest BCUT2D eigenvalue weighted by Gasteiger charge is -2.17. The summed E-state index contributed by atoms with van der Waals surface area (Å²) in [6.45, 7) is 4.45. The third-order valence-electron chi connectivity index (χ3n) is 8.52. The second-order valence-electron chi connectivity index (χ2n) is 13.6. The number of rotatable bonds is 33. The van der Waals surface area contributed by atoms with Crippen molar-refractivity contribution < 1.29 is 27.5 Å². The summed E-state index contributed by atoms with van der Waals surface area (Å²) in [6, 6.07) is 0. The van der Waals surface area contributed by atoms with E-state index in [1.165, 1.54) is 57.6 Å². The fourth-order valence-corrected chi connectivity index (χ4v) is 6.41. The molecule has 0 bridgehead atoms. The van der Waals surface area contributed by atoms with Crippen LogP contribution < -0.4 is 0 Å². The Labute approximate surface area is 323 Å². The lowest BCUT2D eigenvalue weighted by molar-refractivity contribution is -0.144. The number of allylic oxidation sites excluding steroid dienone is 17. The Morgan fingerprint density at radius 1 is 0.585 bits per heavy atom. The van der Waals surface area contributed by atoms with E-state index in [-0.39, 0.29) is 35.9 Å². The van der Waals surface area contributed by atoms with Gasteiger partial charge in [-0.15, -0.1) is 0 Å². The van der Waals surface area contributed by atoms with Crippen LogP contribution in [0.2, 0.25) is 0 Å². The summed E-state index contributed by atoms with van der Waals surface area (Å²) in [6.07, 6.45) is 54.5.